The van der Waals surface area contributed by atoms with Crippen molar-refractivity contribution in [2.75, 3.05) is 40.3 Å². The van der Waals surface area contributed by atoms with Gasteiger partial charge in [-0.2, -0.15) is 0 Å². The van der Waals surface area contributed by atoms with E-state index in [4.69, 9.17) is 4.74 Å². The Balaban J connectivity index is 2.08. The first-order valence-corrected chi connectivity index (χ1v) is 7.36. The zero-order valence-corrected chi connectivity index (χ0v) is 13.0. The van der Waals surface area contributed by atoms with E-state index in [1.807, 2.05) is 0 Å². The van der Waals surface area contributed by atoms with Crippen LogP contribution in [0.15, 0.2) is 0 Å². The minimum Gasteiger partial charge on any atom is -0.377 e. The molecule has 18 heavy (non-hydrogen) atoms. The van der Waals surface area contributed by atoms with Gasteiger partial charge in [-0.3, -0.25) is 0 Å². The second kappa shape index (κ2) is 7.46. The molecule has 0 radical (unpaired) electrons. The third kappa shape index (κ3) is 6.72. The number of nitrogens with zero attached hydrogens (tertiary/aromatic N) is 1. The van der Waals surface area contributed by atoms with Gasteiger partial charge >= 0.3 is 0 Å². The number of hydrogen-bond acceptors (Lipinski definition) is 3. The van der Waals surface area contributed by atoms with Gasteiger partial charge in [0.1, 0.15) is 0 Å². The average molecular weight is 256 g/mol. The summed E-state index contributed by atoms with van der Waals surface area (Å²) < 4.78 is 6.02. The zero-order valence-electron chi connectivity index (χ0n) is 13.0. The molecule has 0 amide bonds. The van der Waals surface area contributed by atoms with Crippen molar-refractivity contribution in [3.8, 4) is 0 Å². The monoisotopic (exact) mass is 256 g/mol. The van der Waals surface area contributed by atoms with E-state index in [-0.39, 0.29) is 0 Å². The molecule has 2 atom stereocenters. The van der Waals surface area contributed by atoms with E-state index in [9.17, 15) is 0 Å². The van der Waals surface area contributed by atoms with Gasteiger partial charge in [-0.25, -0.2) is 0 Å². The van der Waals surface area contributed by atoms with Gasteiger partial charge in [-0.1, -0.05) is 20.8 Å². The highest BCUT2D eigenvalue weighted by molar-refractivity contribution is 4.83. The van der Waals surface area contributed by atoms with Crippen molar-refractivity contribution in [1.82, 2.24) is 10.2 Å². The van der Waals surface area contributed by atoms with Crippen LogP contribution in [0.4, 0.5) is 0 Å². The van der Waals surface area contributed by atoms with Crippen LogP contribution in [0.5, 0.6) is 0 Å². The van der Waals surface area contributed by atoms with Gasteiger partial charge in [-0.05, 0) is 44.7 Å². The van der Waals surface area contributed by atoms with E-state index in [2.05, 4.69) is 45.1 Å². The predicted octanol–water partition coefficient (Wildman–Crippen LogP) is 2.37. The number of ether oxygens (including phenoxy) is 1. The highest BCUT2D eigenvalue weighted by Gasteiger charge is 2.32. The lowest BCUT2D eigenvalue weighted by Crippen LogP contribution is -2.35. The molecular weight excluding hydrogens is 224 g/mol. The highest BCUT2D eigenvalue weighted by Crippen LogP contribution is 2.39. The molecule has 0 aromatic rings. The van der Waals surface area contributed by atoms with Crippen LogP contribution in [0.3, 0.4) is 0 Å². The van der Waals surface area contributed by atoms with E-state index in [1.165, 1.54) is 19.3 Å². The summed E-state index contributed by atoms with van der Waals surface area (Å²) >= 11 is 0. The summed E-state index contributed by atoms with van der Waals surface area (Å²) in [6.07, 6.45) is 4.27. The first-order valence-electron chi connectivity index (χ1n) is 7.36. The van der Waals surface area contributed by atoms with E-state index in [0.717, 1.165) is 32.2 Å². The van der Waals surface area contributed by atoms with E-state index < -0.39 is 0 Å². The molecule has 0 saturated heterocycles. The zero-order chi connectivity index (χ0) is 13.6. The smallest absolute Gasteiger partial charge is 0.0594 e. The van der Waals surface area contributed by atoms with E-state index in [0.29, 0.717) is 11.5 Å². The van der Waals surface area contributed by atoms with Gasteiger partial charge in [0, 0.05) is 19.6 Å². The summed E-state index contributed by atoms with van der Waals surface area (Å²) in [4.78, 5) is 2.19. The number of likely N-dealkylation sites (N-methyl/N-ethyl adjacent to an activating group) is 1. The van der Waals surface area contributed by atoms with Crippen LogP contribution in [-0.4, -0.2) is 51.3 Å². The quantitative estimate of drug-likeness (QED) is 0.708. The second-order valence-corrected chi connectivity index (χ2v) is 6.96. The maximum Gasteiger partial charge on any atom is 0.0594 e. The van der Waals surface area contributed by atoms with Gasteiger partial charge < -0.3 is 15.0 Å². The summed E-state index contributed by atoms with van der Waals surface area (Å²) in [7, 11) is 4.20. The molecule has 3 nitrogen and oxygen atoms in total. The molecule has 0 aromatic heterocycles. The Kier molecular flexibility index (Phi) is 6.61. The molecule has 2 unspecified atom stereocenters. The van der Waals surface area contributed by atoms with Crippen molar-refractivity contribution in [2.45, 2.75) is 46.1 Å². The molecule has 1 fully saturated rings. The van der Waals surface area contributed by atoms with Crippen LogP contribution in [0.1, 0.15) is 40.0 Å². The Morgan fingerprint density at radius 2 is 1.94 bits per heavy atom. The van der Waals surface area contributed by atoms with Crippen LogP contribution in [0.2, 0.25) is 0 Å². The number of nitrogens with one attached hydrogen (secondary N) is 1. The molecule has 1 aliphatic carbocycles. The van der Waals surface area contributed by atoms with Crippen molar-refractivity contribution in [3.63, 3.8) is 0 Å². The van der Waals surface area contributed by atoms with Crippen LogP contribution < -0.4 is 5.32 Å². The Morgan fingerprint density at radius 1 is 1.22 bits per heavy atom. The summed E-state index contributed by atoms with van der Waals surface area (Å²) in [5.41, 5.74) is 0.459. The van der Waals surface area contributed by atoms with Crippen molar-refractivity contribution in [3.05, 3.63) is 0 Å². The van der Waals surface area contributed by atoms with Gasteiger partial charge in [-0.15, -0.1) is 0 Å². The first-order chi connectivity index (χ1) is 8.39. The van der Waals surface area contributed by atoms with E-state index >= 15 is 0 Å². The lowest BCUT2D eigenvalue weighted by molar-refractivity contribution is -0.0213. The SMILES string of the molecule is CC1CC(OCCNCCN(C)C)CC(C)(C)C1. The Labute approximate surface area is 113 Å². The molecule has 0 aliphatic heterocycles. The fourth-order valence-corrected chi connectivity index (χ4v) is 3.11. The highest BCUT2D eigenvalue weighted by atomic mass is 16.5. The Hall–Kier alpha value is -0.120. The molecule has 1 N–H and O–H groups in total. The van der Waals surface area contributed by atoms with E-state index in [1.54, 1.807) is 0 Å². The lowest BCUT2D eigenvalue weighted by Gasteiger charge is -2.38. The third-order valence-electron chi connectivity index (χ3n) is 3.71. The molecular formula is C15H32N2O. The normalized spacial score (nSPS) is 27.7. The van der Waals surface area contributed by atoms with Crippen LogP contribution in [-0.2, 0) is 4.74 Å². The maximum absolute atomic E-state index is 6.02. The van der Waals surface area contributed by atoms with Gasteiger partial charge in [0.25, 0.3) is 0 Å². The molecule has 1 aliphatic rings. The Morgan fingerprint density at radius 3 is 2.56 bits per heavy atom. The largest absolute Gasteiger partial charge is 0.377 e. The first kappa shape index (κ1) is 15.9. The minimum atomic E-state index is 0.459. The second-order valence-electron chi connectivity index (χ2n) is 6.96. The predicted molar refractivity (Wildman–Crippen MR) is 78.0 cm³/mol. The Bertz CT molecular complexity index is 229. The summed E-state index contributed by atoms with van der Waals surface area (Å²) in [5, 5.41) is 3.42. The van der Waals surface area contributed by atoms with Gasteiger partial charge in [0.05, 0.1) is 12.7 Å². The van der Waals surface area contributed by atoms with Crippen molar-refractivity contribution < 1.29 is 4.74 Å². The molecule has 1 saturated carbocycles. The number of hydrogen-bond donors (Lipinski definition) is 1. The third-order valence-corrected chi connectivity index (χ3v) is 3.71. The standard InChI is InChI=1S/C15H32N2O/c1-13-10-14(12-15(2,3)11-13)18-9-7-16-6-8-17(4)5/h13-14,16H,6-12H2,1-5H3. The van der Waals surface area contributed by atoms with Crippen molar-refractivity contribution in [1.29, 1.82) is 0 Å². The van der Waals surface area contributed by atoms with Crippen LogP contribution in [0.25, 0.3) is 0 Å². The molecule has 3 heteroatoms. The maximum atomic E-state index is 6.02. The topological polar surface area (TPSA) is 24.5 Å². The molecule has 0 bridgehead atoms. The molecule has 108 valence electrons. The molecule has 0 aromatic carbocycles. The lowest BCUT2D eigenvalue weighted by atomic mass is 9.71. The number of rotatable bonds is 7. The molecule has 0 heterocycles. The summed E-state index contributed by atoms with van der Waals surface area (Å²) in [6.45, 7) is 11.0. The average Bonchev–Trinajstić information content (AvgIpc) is 2.19. The summed E-state index contributed by atoms with van der Waals surface area (Å²) in [5.74, 6) is 0.806. The van der Waals surface area contributed by atoms with Gasteiger partial charge in [0.2, 0.25) is 0 Å². The van der Waals surface area contributed by atoms with Crippen molar-refractivity contribution in [2.24, 2.45) is 11.3 Å². The van der Waals surface area contributed by atoms with Crippen molar-refractivity contribution >= 4 is 0 Å². The molecule has 1 rings (SSSR count). The fourth-order valence-electron chi connectivity index (χ4n) is 3.11. The van der Waals surface area contributed by atoms with Gasteiger partial charge in [0.15, 0.2) is 0 Å². The minimum absolute atomic E-state index is 0.459. The summed E-state index contributed by atoms with van der Waals surface area (Å²) in [6, 6.07) is 0. The molecule has 0 spiro atoms. The van der Waals surface area contributed by atoms with Crippen LogP contribution in [0, 0.1) is 11.3 Å². The fraction of sp³-hybridized carbons (Fsp3) is 1.00. The van der Waals surface area contributed by atoms with Crippen LogP contribution >= 0.6 is 0 Å².